The van der Waals surface area contributed by atoms with Crippen LogP contribution >= 0.6 is 0 Å². The van der Waals surface area contributed by atoms with Gasteiger partial charge in [0.1, 0.15) is 5.75 Å². The summed E-state index contributed by atoms with van der Waals surface area (Å²) in [7, 11) is 0. The molecule has 0 aliphatic rings. The average molecular weight is 235 g/mol. The lowest BCUT2D eigenvalue weighted by Gasteiger charge is -2.19. The number of hydrogen-bond acceptors (Lipinski definition) is 2. The summed E-state index contributed by atoms with van der Waals surface area (Å²) in [4.78, 5) is 0. The van der Waals surface area contributed by atoms with Crippen LogP contribution in [0.1, 0.15) is 51.3 Å². The number of rotatable bonds is 4. The van der Waals surface area contributed by atoms with Crippen molar-refractivity contribution in [3.05, 3.63) is 29.3 Å². The first kappa shape index (κ1) is 14.0. The van der Waals surface area contributed by atoms with Crippen molar-refractivity contribution in [1.82, 2.24) is 0 Å². The highest BCUT2D eigenvalue weighted by Gasteiger charge is 2.10. The molecule has 1 aromatic carbocycles. The zero-order valence-electron chi connectivity index (χ0n) is 11.7. The van der Waals surface area contributed by atoms with Crippen molar-refractivity contribution in [2.24, 2.45) is 11.1 Å². The minimum atomic E-state index is 0.0809. The lowest BCUT2D eigenvalue weighted by Crippen LogP contribution is -2.11. The maximum atomic E-state index is 5.85. The van der Waals surface area contributed by atoms with Gasteiger partial charge in [-0.05, 0) is 42.9 Å². The summed E-state index contributed by atoms with van der Waals surface area (Å²) < 4.78 is 5.81. The Hall–Kier alpha value is -1.02. The van der Waals surface area contributed by atoms with Gasteiger partial charge < -0.3 is 10.5 Å². The van der Waals surface area contributed by atoms with Crippen molar-refractivity contribution in [3.8, 4) is 5.75 Å². The first-order valence-electron chi connectivity index (χ1n) is 6.28. The molecule has 0 aliphatic carbocycles. The largest absolute Gasteiger partial charge is 0.493 e. The molecule has 0 aliphatic heterocycles. The van der Waals surface area contributed by atoms with Crippen molar-refractivity contribution in [2.45, 2.75) is 47.1 Å². The SMILES string of the molecule is Cc1cc([C@@H](C)N)ccc1OCCC(C)(C)C. The van der Waals surface area contributed by atoms with Gasteiger partial charge in [0.2, 0.25) is 0 Å². The van der Waals surface area contributed by atoms with Crippen LogP contribution in [0.5, 0.6) is 5.75 Å². The van der Waals surface area contributed by atoms with Gasteiger partial charge >= 0.3 is 0 Å². The van der Waals surface area contributed by atoms with Crippen LogP contribution in [-0.4, -0.2) is 6.61 Å². The molecule has 0 aromatic heterocycles. The van der Waals surface area contributed by atoms with Gasteiger partial charge in [-0.25, -0.2) is 0 Å². The maximum Gasteiger partial charge on any atom is 0.122 e. The zero-order chi connectivity index (χ0) is 13.1. The molecule has 0 radical (unpaired) electrons. The average Bonchev–Trinajstić information content (AvgIpc) is 2.18. The van der Waals surface area contributed by atoms with Gasteiger partial charge in [0.15, 0.2) is 0 Å². The van der Waals surface area contributed by atoms with Crippen molar-refractivity contribution in [2.75, 3.05) is 6.61 Å². The smallest absolute Gasteiger partial charge is 0.122 e. The lowest BCUT2D eigenvalue weighted by molar-refractivity contribution is 0.242. The first-order valence-corrected chi connectivity index (χ1v) is 6.28. The van der Waals surface area contributed by atoms with Crippen LogP contribution in [0, 0.1) is 12.3 Å². The number of ether oxygens (including phenoxy) is 1. The molecule has 2 nitrogen and oxygen atoms in total. The molecule has 0 unspecified atom stereocenters. The monoisotopic (exact) mass is 235 g/mol. The molecule has 0 saturated carbocycles. The number of benzene rings is 1. The quantitative estimate of drug-likeness (QED) is 0.860. The third kappa shape index (κ3) is 4.78. The second kappa shape index (κ2) is 5.54. The minimum Gasteiger partial charge on any atom is -0.493 e. The minimum absolute atomic E-state index is 0.0809. The van der Waals surface area contributed by atoms with E-state index >= 15 is 0 Å². The first-order chi connectivity index (χ1) is 7.79. The third-order valence-electron chi connectivity index (χ3n) is 2.83. The standard InChI is InChI=1S/C15H25NO/c1-11-10-13(12(2)16)6-7-14(11)17-9-8-15(3,4)5/h6-7,10,12H,8-9,16H2,1-5H3/t12-/m1/s1. The number of aryl methyl sites for hydroxylation is 1. The predicted octanol–water partition coefficient (Wildman–Crippen LogP) is 3.83. The molecule has 0 spiro atoms. The second-order valence-electron chi connectivity index (χ2n) is 5.97. The van der Waals surface area contributed by atoms with Crippen molar-refractivity contribution < 1.29 is 4.74 Å². The summed E-state index contributed by atoms with van der Waals surface area (Å²) >= 11 is 0. The van der Waals surface area contributed by atoms with Crippen molar-refractivity contribution in [3.63, 3.8) is 0 Å². The van der Waals surface area contributed by atoms with E-state index < -0.39 is 0 Å². The topological polar surface area (TPSA) is 35.2 Å². The molecule has 1 rings (SSSR count). The fourth-order valence-corrected chi connectivity index (χ4v) is 1.58. The summed E-state index contributed by atoms with van der Waals surface area (Å²) in [6, 6.07) is 6.26. The van der Waals surface area contributed by atoms with Gasteiger partial charge in [-0.3, -0.25) is 0 Å². The van der Waals surface area contributed by atoms with Crippen molar-refractivity contribution in [1.29, 1.82) is 0 Å². The molecule has 17 heavy (non-hydrogen) atoms. The van der Waals surface area contributed by atoms with Gasteiger partial charge in [-0.2, -0.15) is 0 Å². The van der Waals surface area contributed by atoms with E-state index in [2.05, 4.69) is 33.8 Å². The molecule has 2 heteroatoms. The van der Waals surface area contributed by atoms with E-state index in [1.165, 1.54) is 0 Å². The number of hydrogen-bond donors (Lipinski definition) is 1. The summed E-state index contributed by atoms with van der Waals surface area (Å²) in [6.45, 7) is 11.5. The van der Waals surface area contributed by atoms with Crippen LogP contribution in [0.3, 0.4) is 0 Å². The zero-order valence-corrected chi connectivity index (χ0v) is 11.7. The van der Waals surface area contributed by atoms with Crippen LogP contribution in [0.2, 0.25) is 0 Å². The Kier molecular flexibility index (Phi) is 4.58. The Balaban J connectivity index is 2.61. The van der Waals surface area contributed by atoms with Crippen LogP contribution in [-0.2, 0) is 0 Å². The summed E-state index contributed by atoms with van der Waals surface area (Å²) in [5, 5.41) is 0. The maximum absolute atomic E-state index is 5.85. The normalized spacial score (nSPS) is 13.5. The molecule has 0 fully saturated rings. The highest BCUT2D eigenvalue weighted by Crippen LogP contribution is 2.24. The van der Waals surface area contributed by atoms with Gasteiger partial charge in [0, 0.05) is 6.04 Å². The Bertz CT molecular complexity index is 364. The highest BCUT2D eigenvalue weighted by atomic mass is 16.5. The van der Waals surface area contributed by atoms with Gasteiger partial charge in [-0.15, -0.1) is 0 Å². The Morgan fingerprint density at radius 3 is 2.41 bits per heavy atom. The Morgan fingerprint density at radius 2 is 1.94 bits per heavy atom. The van der Waals surface area contributed by atoms with E-state index in [0.717, 1.165) is 29.9 Å². The Morgan fingerprint density at radius 1 is 1.29 bits per heavy atom. The molecule has 96 valence electrons. The van der Waals surface area contributed by atoms with E-state index in [1.807, 2.05) is 19.1 Å². The van der Waals surface area contributed by atoms with E-state index in [-0.39, 0.29) is 6.04 Å². The summed E-state index contributed by atoms with van der Waals surface area (Å²) in [6.07, 6.45) is 1.06. The van der Waals surface area contributed by atoms with E-state index in [0.29, 0.717) is 5.41 Å². The van der Waals surface area contributed by atoms with Crippen LogP contribution in [0.15, 0.2) is 18.2 Å². The molecule has 1 atom stereocenters. The van der Waals surface area contributed by atoms with Crippen molar-refractivity contribution >= 4 is 0 Å². The molecule has 0 saturated heterocycles. The second-order valence-corrected chi connectivity index (χ2v) is 5.97. The van der Waals surface area contributed by atoms with Gasteiger partial charge in [0.05, 0.1) is 6.61 Å². The number of nitrogens with two attached hydrogens (primary N) is 1. The van der Waals surface area contributed by atoms with Gasteiger partial charge in [-0.1, -0.05) is 32.9 Å². The van der Waals surface area contributed by atoms with E-state index in [9.17, 15) is 0 Å². The predicted molar refractivity (Wildman–Crippen MR) is 73.3 cm³/mol. The molecule has 0 amide bonds. The molecule has 1 aromatic rings. The molecule has 0 heterocycles. The lowest BCUT2D eigenvalue weighted by atomic mass is 9.93. The third-order valence-corrected chi connectivity index (χ3v) is 2.83. The highest BCUT2D eigenvalue weighted by molar-refractivity contribution is 5.37. The Labute approximate surface area is 105 Å². The molecular weight excluding hydrogens is 210 g/mol. The molecular formula is C15H25NO. The fraction of sp³-hybridized carbons (Fsp3) is 0.600. The fourth-order valence-electron chi connectivity index (χ4n) is 1.58. The van der Waals surface area contributed by atoms with Crippen LogP contribution in [0.4, 0.5) is 0 Å². The van der Waals surface area contributed by atoms with Gasteiger partial charge in [0.25, 0.3) is 0 Å². The summed E-state index contributed by atoms with van der Waals surface area (Å²) in [5.74, 6) is 0.971. The van der Waals surface area contributed by atoms with Crippen LogP contribution < -0.4 is 10.5 Å². The molecule has 0 bridgehead atoms. The van der Waals surface area contributed by atoms with Crippen LogP contribution in [0.25, 0.3) is 0 Å². The molecule has 2 N–H and O–H groups in total. The summed E-state index contributed by atoms with van der Waals surface area (Å²) in [5.41, 5.74) is 8.49. The van der Waals surface area contributed by atoms with E-state index in [1.54, 1.807) is 0 Å². The van der Waals surface area contributed by atoms with E-state index in [4.69, 9.17) is 10.5 Å².